The van der Waals surface area contributed by atoms with Gasteiger partial charge in [0.25, 0.3) is 0 Å². The molecule has 0 bridgehead atoms. The van der Waals surface area contributed by atoms with Crippen LogP contribution in [0.25, 0.3) is 0 Å². The summed E-state index contributed by atoms with van der Waals surface area (Å²) in [7, 11) is 0. The number of hydrogen-bond acceptors (Lipinski definition) is 4. The molecule has 31 heavy (non-hydrogen) atoms. The molecule has 7 nitrogen and oxygen atoms in total. The van der Waals surface area contributed by atoms with Crippen molar-refractivity contribution in [3.8, 4) is 11.5 Å². The Bertz CT molecular complexity index is 875. The van der Waals surface area contributed by atoms with E-state index in [1.165, 1.54) is 19.3 Å². The minimum Gasteiger partial charge on any atom is -0.457 e. The van der Waals surface area contributed by atoms with Crippen molar-refractivity contribution in [1.29, 1.82) is 0 Å². The molecule has 0 radical (unpaired) electrons. The molecule has 7 heteroatoms. The predicted molar refractivity (Wildman–Crippen MR) is 119 cm³/mol. The number of aromatic nitrogens is 1. The van der Waals surface area contributed by atoms with E-state index in [4.69, 9.17) is 4.74 Å². The first-order chi connectivity index (χ1) is 15.2. The standard InChI is InChI=1S/C24H30N4O3/c29-23(18-5-2-1-3-6-18)28-15-11-19(12-16-28)26-24(30)27-20-7-4-8-22(17-20)31-21-9-13-25-14-10-21/h4,7-10,13-14,17-19H,1-3,5-6,11-12,15-16H2,(H2,26,27,30). The van der Waals surface area contributed by atoms with Gasteiger partial charge in [0.1, 0.15) is 11.5 Å². The molecular weight excluding hydrogens is 392 g/mol. The van der Waals surface area contributed by atoms with Crippen LogP contribution in [0.15, 0.2) is 48.8 Å². The maximum Gasteiger partial charge on any atom is 0.319 e. The third-order valence-corrected chi connectivity index (χ3v) is 6.07. The Morgan fingerprint density at radius 1 is 0.935 bits per heavy atom. The number of ether oxygens (including phenoxy) is 1. The first kappa shape index (κ1) is 21.2. The highest BCUT2D eigenvalue weighted by atomic mass is 16.5. The molecule has 1 saturated heterocycles. The number of pyridine rings is 1. The summed E-state index contributed by atoms with van der Waals surface area (Å²) in [6.07, 6.45) is 10.6. The van der Waals surface area contributed by atoms with Crippen molar-refractivity contribution in [3.05, 3.63) is 48.8 Å². The van der Waals surface area contributed by atoms with Gasteiger partial charge in [-0.15, -0.1) is 0 Å². The Kier molecular flexibility index (Phi) is 7.02. The van der Waals surface area contributed by atoms with Gasteiger partial charge >= 0.3 is 6.03 Å². The van der Waals surface area contributed by atoms with Crippen LogP contribution in [-0.2, 0) is 4.79 Å². The van der Waals surface area contributed by atoms with E-state index in [0.717, 1.165) is 38.8 Å². The van der Waals surface area contributed by atoms with E-state index in [9.17, 15) is 9.59 Å². The van der Waals surface area contributed by atoms with E-state index >= 15 is 0 Å². The number of nitrogens with one attached hydrogen (secondary N) is 2. The number of hydrogen-bond donors (Lipinski definition) is 2. The van der Waals surface area contributed by atoms with Gasteiger partial charge in [0.2, 0.25) is 5.91 Å². The highest BCUT2D eigenvalue weighted by Crippen LogP contribution is 2.27. The summed E-state index contributed by atoms with van der Waals surface area (Å²) in [6, 6.07) is 10.7. The van der Waals surface area contributed by atoms with Crippen molar-refractivity contribution in [1.82, 2.24) is 15.2 Å². The molecule has 1 aliphatic carbocycles. The lowest BCUT2D eigenvalue weighted by molar-refractivity contribution is -0.137. The number of carbonyl (C=O) groups excluding carboxylic acids is 2. The summed E-state index contributed by atoms with van der Waals surface area (Å²) in [5.41, 5.74) is 0.661. The average molecular weight is 423 g/mol. The third-order valence-electron chi connectivity index (χ3n) is 6.07. The van der Waals surface area contributed by atoms with Crippen molar-refractivity contribution in [3.63, 3.8) is 0 Å². The monoisotopic (exact) mass is 422 g/mol. The Balaban J connectivity index is 1.23. The molecule has 2 aromatic rings. The van der Waals surface area contributed by atoms with Crippen LogP contribution in [-0.4, -0.2) is 41.0 Å². The predicted octanol–water partition coefficient (Wildman–Crippen LogP) is 4.57. The number of nitrogens with zero attached hydrogens (tertiary/aromatic N) is 2. The van der Waals surface area contributed by atoms with Gasteiger partial charge in [-0.1, -0.05) is 25.3 Å². The minimum atomic E-state index is -0.238. The highest BCUT2D eigenvalue weighted by molar-refractivity contribution is 5.89. The van der Waals surface area contributed by atoms with Crippen molar-refractivity contribution in [2.45, 2.75) is 51.0 Å². The van der Waals surface area contributed by atoms with E-state index in [0.29, 0.717) is 23.1 Å². The zero-order valence-electron chi connectivity index (χ0n) is 17.8. The van der Waals surface area contributed by atoms with Gasteiger partial charge in [0, 0.05) is 49.2 Å². The van der Waals surface area contributed by atoms with E-state index in [1.807, 2.05) is 23.1 Å². The third kappa shape index (κ3) is 5.96. The maximum absolute atomic E-state index is 12.7. The van der Waals surface area contributed by atoms with Crippen LogP contribution in [0, 0.1) is 5.92 Å². The molecule has 0 atom stereocenters. The number of carbonyl (C=O) groups is 2. The van der Waals surface area contributed by atoms with Gasteiger partial charge in [-0.3, -0.25) is 9.78 Å². The Morgan fingerprint density at radius 3 is 2.42 bits per heavy atom. The van der Waals surface area contributed by atoms with E-state index in [1.54, 1.807) is 30.6 Å². The topological polar surface area (TPSA) is 83.6 Å². The number of rotatable bonds is 5. The molecule has 2 heterocycles. The second-order valence-electron chi connectivity index (χ2n) is 8.35. The molecule has 3 amide bonds. The fourth-order valence-corrected chi connectivity index (χ4v) is 4.38. The Labute approximate surface area is 183 Å². The summed E-state index contributed by atoms with van der Waals surface area (Å²) in [6.45, 7) is 1.44. The SMILES string of the molecule is O=C(Nc1cccc(Oc2ccncc2)c1)NC1CCN(C(=O)C2CCCCC2)CC1. The molecule has 0 unspecified atom stereocenters. The van der Waals surface area contributed by atoms with E-state index in [2.05, 4.69) is 15.6 Å². The van der Waals surface area contributed by atoms with Crippen LogP contribution < -0.4 is 15.4 Å². The number of urea groups is 1. The summed E-state index contributed by atoms with van der Waals surface area (Å²) in [4.78, 5) is 31.1. The lowest BCUT2D eigenvalue weighted by Gasteiger charge is -2.35. The van der Waals surface area contributed by atoms with E-state index < -0.39 is 0 Å². The Hall–Kier alpha value is -3.09. The van der Waals surface area contributed by atoms with Gasteiger partial charge < -0.3 is 20.3 Å². The zero-order chi connectivity index (χ0) is 21.5. The van der Waals surface area contributed by atoms with Crippen LogP contribution >= 0.6 is 0 Å². The van der Waals surface area contributed by atoms with Crippen LogP contribution in [0.4, 0.5) is 10.5 Å². The van der Waals surface area contributed by atoms with Gasteiger partial charge in [-0.05, 0) is 49.9 Å². The number of anilines is 1. The molecule has 1 aromatic heterocycles. The van der Waals surface area contributed by atoms with E-state index in [-0.39, 0.29) is 18.0 Å². The Morgan fingerprint density at radius 2 is 1.68 bits per heavy atom. The summed E-state index contributed by atoms with van der Waals surface area (Å²) in [5.74, 6) is 1.85. The first-order valence-corrected chi connectivity index (χ1v) is 11.2. The molecule has 1 aromatic carbocycles. The fourth-order valence-electron chi connectivity index (χ4n) is 4.38. The van der Waals surface area contributed by atoms with Gasteiger partial charge in [0.05, 0.1) is 0 Å². The van der Waals surface area contributed by atoms with Crippen LogP contribution in [0.1, 0.15) is 44.9 Å². The molecule has 1 saturated carbocycles. The number of amides is 3. The molecule has 1 aliphatic heterocycles. The minimum absolute atomic E-state index is 0.0756. The maximum atomic E-state index is 12.7. The lowest BCUT2D eigenvalue weighted by atomic mass is 9.87. The van der Waals surface area contributed by atoms with Crippen molar-refractivity contribution in [2.75, 3.05) is 18.4 Å². The molecule has 0 spiro atoms. The van der Waals surface area contributed by atoms with Gasteiger partial charge in [-0.2, -0.15) is 0 Å². The summed E-state index contributed by atoms with van der Waals surface area (Å²) in [5, 5.41) is 5.92. The second-order valence-corrected chi connectivity index (χ2v) is 8.35. The molecule has 164 valence electrons. The van der Waals surface area contributed by atoms with Crippen LogP contribution in [0.2, 0.25) is 0 Å². The highest BCUT2D eigenvalue weighted by Gasteiger charge is 2.29. The molecule has 2 aliphatic rings. The largest absolute Gasteiger partial charge is 0.457 e. The van der Waals surface area contributed by atoms with Crippen molar-refractivity contribution in [2.24, 2.45) is 5.92 Å². The zero-order valence-corrected chi connectivity index (χ0v) is 17.8. The first-order valence-electron chi connectivity index (χ1n) is 11.2. The number of benzene rings is 1. The fraction of sp³-hybridized carbons (Fsp3) is 0.458. The molecule has 4 rings (SSSR count). The van der Waals surface area contributed by atoms with Crippen molar-refractivity contribution >= 4 is 17.6 Å². The molecule has 2 fully saturated rings. The number of piperidine rings is 1. The number of likely N-dealkylation sites (tertiary alicyclic amines) is 1. The normalized spacial score (nSPS) is 17.7. The van der Waals surface area contributed by atoms with Gasteiger partial charge in [-0.25, -0.2) is 4.79 Å². The smallest absolute Gasteiger partial charge is 0.319 e. The molecule has 2 N–H and O–H groups in total. The lowest BCUT2D eigenvalue weighted by Crippen LogP contribution is -2.49. The quantitative estimate of drug-likeness (QED) is 0.740. The van der Waals surface area contributed by atoms with Gasteiger partial charge in [0.15, 0.2) is 0 Å². The van der Waals surface area contributed by atoms with Crippen LogP contribution in [0.5, 0.6) is 11.5 Å². The second kappa shape index (κ2) is 10.3. The molecular formula is C24H30N4O3. The average Bonchev–Trinajstić information content (AvgIpc) is 2.80. The summed E-state index contributed by atoms with van der Waals surface area (Å²) >= 11 is 0. The summed E-state index contributed by atoms with van der Waals surface area (Å²) < 4.78 is 5.79. The van der Waals surface area contributed by atoms with Crippen molar-refractivity contribution < 1.29 is 14.3 Å². The van der Waals surface area contributed by atoms with Crippen LogP contribution in [0.3, 0.4) is 0 Å².